The molecule has 3 atom stereocenters. The lowest BCUT2D eigenvalue weighted by Gasteiger charge is -2.38. The summed E-state index contributed by atoms with van der Waals surface area (Å²) >= 11 is 0. The van der Waals surface area contributed by atoms with Crippen LogP contribution in [0.1, 0.15) is 99.1 Å². The molecule has 52 heavy (non-hydrogen) atoms. The van der Waals surface area contributed by atoms with E-state index >= 15 is 0 Å². The van der Waals surface area contributed by atoms with E-state index < -0.39 is 72.8 Å². The lowest BCUT2D eigenvalue weighted by molar-refractivity contribution is -0.145. The standard InChI is InChI=1S/C34H47N7O9S2/c1-51(47,48)21-24-19-41(39-38-24)25-18-28(32(45)37-34(29(42)30(35)43)15-7-4-8-16-34)40(20-25)33(46)27(17-22-9-5-3-6-10-22)36-31(44)23-11-13-26(14-12-23)52(2,49)50/h11-14,19,22,25,27-28H,3-10,15-18,20-21H2,1-2H3,(H2,35,43)(H,36,44)(H,37,45)/t25-,27+,28-/m0/s1. The molecular weight excluding hydrogens is 715 g/mol. The van der Waals surface area contributed by atoms with Crippen LogP contribution in [0, 0.1) is 5.92 Å². The number of hydrogen-bond donors (Lipinski definition) is 3. The summed E-state index contributed by atoms with van der Waals surface area (Å²) < 4.78 is 49.2. The van der Waals surface area contributed by atoms with Crippen LogP contribution in [0.3, 0.4) is 0 Å². The summed E-state index contributed by atoms with van der Waals surface area (Å²) in [5.41, 5.74) is 4.23. The molecule has 0 unspecified atom stereocenters. The van der Waals surface area contributed by atoms with E-state index in [2.05, 4.69) is 20.9 Å². The van der Waals surface area contributed by atoms with Gasteiger partial charge in [-0.1, -0.05) is 56.6 Å². The summed E-state index contributed by atoms with van der Waals surface area (Å²) in [5, 5.41) is 13.7. The van der Waals surface area contributed by atoms with E-state index in [9.17, 15) is 40.8 Å². The maximum atomic E-state index is 14.7. The number of nitrogens with two attached hydrogens (primary N) is 1. The molecule has 4 N–H and O–H groups in total. The highest BCUT2D eigenvalue weighted by Gasteiger charge is 2.48. The number of carbonyl (C=O) groups excluding carboxylic acids is 5. The van der Waals surface area contributed by atoms with Crippen molar-refractivity contribution in [2.45, 2.75) is 111 Å². The molecule has 3 fully saturated rings. The molecular formula is C34H47N7O9S2. The van der Waals surface area contributed by atoms with Crippen LogP contribution in [0.4, 0.5) is 0 Å². The normalized spacial score (nSPS) is 21.6. The first-order valence-electron chi connectivity index (χ1n) is 17.6. The summed E-state index contributed by atoms with van der Waals surface area (Å²) in [5.74, 6) is -4.10. The Bertz CT molecular complexity index is 1900. The minimum Gasteiger partial charge on any atom is -0.363 e. The lowest BCUT2D eigenvalue weighted by Crippen LogP contribution is -2.62. The van der Waals surface area contributed by atoms with Crippen molar-refractivity contribution < 1.29 is 40.8 Å². The molecule has 0 radical (unpaired) electrons. The number of primary amides is 1. The summed E-state index contributed by atoms with van der Waals surface area (Å²) in [7, 11) is -6.93. The first-order chi connectivity index (χ1) is 24.5. The summed E-state index contributed by atoms with van der Waals surface area (Å²) in [4.78, 5) is 69.1. The van der Waals surface area contributed by atoms with Gasteiger partial charge in [0.1, 0.15) is 17.6 Å². The van der Waals surface area contributed by atoms with Gasteiger partial charge in [-0.15, -0.1) is 5.10 Å². The van der Waals surface area contributed by atoms with Crippen molar-refractivity contribution in [2.75, 3.05) is 19.1 Å². The van der Waals surface area contributed by atoms with Gasteiger partial charge in [-0.05, 0) is 49.4 Å². The highest BCUT2D eigenvalue weighted by molar-refractivity contribution is 7.90. The number of amides is 4. The Kier molecular flexibility index (Phi) is 11.9. The zero-order valence-electron chi connectivity index (χ0n) is 29.5. The van der Waals surface area contributed by atoms with Crippen molar-refractivity contribution in [3.05, 3.63) is 41.7 Å². The zero-order chi connectivity index (χ0) is 37.8. The van der Waals surface area contributed by atoms with Gasteiger partial charge < -0.3 is 21.3 Å². The van der Waals surface area contributed by atoms with Gasteiger partial charge in [-0.25, -0.2) is 21.5 Å². The molecule has 18 heteroatoms. The van der Waals surface area contributed by atoms with Crippen molar-refractivity contribution in [2.24, 2.45) is 11.7 Å². The number of Topliss-reactive ketones (excluding diaryl/α,β-unsaturated/α-hetero) is 1. The molecule has 2 saturated carbocycles. The molecule has 2 aliphatic carbocycles. The van der Waals surface area contributed by atoms with Gasteiger partial charge in [0.15, 0.2) is 19.7 Å². The molecule has 3 aliphatic rings. The van der Waals surface area contributed by atoms with E-state index in [1.165, 1.54) is 40.0 Å². The number of nitrogens with one attached hydrogen (secondary N) is 2. The molecule has 4 amide bonds. The van der Waals surface area contributed by atoms with E-state index in [1.807, 2.05) is 0 Å². The Labute approximate surface area is 303 Å². The third kappa shape index (κ3) is 9.42. The van der Waals surface area contributed by atoms with E-state index in [0.29, 0.717) is 19.3 Å². The number of sulfone groups is 2. The largest absolute Gasteiger partial charge is 0.363 e. The average Bonchev–Trinajstić information content (AvgIpc) is 3.75. The van der Waals surface area contributed by atoms with Gasteiger partial charge in [-0.2, -0.15) is 0 Å². The number of likely N-dealkylation sites (tertiary alicyclic amines) is 1. The maximum absolute atomic E-state index is 14.7. The number of ketones is 1. The average molecular weight is 762 g/mol. The molecule has 0 spiro atoms. The van der Waals surface area contributed by atoms with Crippen molar-refractivity contribution in [1.82, 2.24) is 30.5 Å². The van der Waals surface area contributed by atoms with E-state index in [1.54, 1.807) is 0 Å². The molecule has 16 nitrogen and oxygen atoms in total. The van der Waals surface area contributed by atoms with Gasteiger partial charge in [0.25, 0.3) is 11.8 Å². The molecule has 1 aromatic carbocycles. The topological polar surface area (TPSA) is 238 Å². The van der Waals surface area contributed by atoms with Crippen LogP contribution >= 0.6 is 0 Å². The van der Waals surface area contributed by atoms with Gasteiger partial charge in [0.05, 0.1) is 22.4 Å². The first kappa shape index (κ1) is 39.0. The molecule has 2 heterocycles. The summed E-state index contributed by atoms with van der Waals surface area (Å²) in [6, 6.07) is 2.54. The third-order valence-electron chi connectivity index (χ3n) is 10.4. The predicted octanol–water partition coefficient (Wildman–Crippen LogP) is 1.01. The maximum Gasteiger partial charge on any atom is 0.287 e. The molecule has 1 aromatic heterocycles. The summed E-state index contributed by atoms with van der Waals surface area (Å²) in [6.07, 6.45) is 11.0. The van der Waals surface area contributed by atoms with Crippen LogP contribution in [0.15, 0.2) is 35.4 Å². The Hall–Kier alpha value is -4.19. The Morgan fingerprint density at radius 3 is 2.17 bits per heavy atom. The fourth-order valence-corrected chi connectivity index (χ4v) is 9.02. The quantitative estimate of drug-likeness (QED) is 0.244. The Balaban J connectivity index is 1.47. The SMILES string of the molecule is CS(=O)(=O)Cc1cn([C@H]2C[C@@H](C(=O)NC3(C(=O)C(N)=O)CCCCC3)N(C(=O)[C@@H](CC3CCCCC3)NC(=O)c3ccc(S(C)(=O)=O)cc3)C2)nn1. The Morgan fingerprint density at radius 2 is 1.58 bits per heavy atom. The number of hydrogen-bond acceptors (Lipinski definition) is 11. The molecule has 0 bridgehead atoms. The predicted molar refractivity (Wildman–Crippen MR) is 188 cm³/mol. The van der Waals surface area contributed by atoms with Crippen molar-refractivity contribution >= 4 is 49.1 Å². The zero-order valence-corrected chi connectivity index (χ0v) is 31.1. The highest BCUT2D eigenvalue weighted by atomic mass is 32.2. The minimum atomic E-state index is -3.51. The smallest absolute Gasteiger partial charge is 0.287 e. The fourth-order valence-electron chi connectivity index (χ4n) is 7.72. The monoisotopic (exact) mass is 761 g/mol. The molecule has 5 rings (SSSR count). The lowest BCUT2D eigenvalue weighted by atomic mass is 9.78. The number of rotatable bonds is 13. The second-order valence-corrected chi connectivity index (χ2v) is 18.7. The van der Waals surface area contributed by atoms with Crippen molar-refractivity contribution in [3.8, 4) is 0 Å². The minimum absolute atomic E-state index is 0.0249. The number of carbonyl (C=O) groups is 5. The van der Waals surface area contributed by atoms with Crippen LogP contribution in [-0.2, 0) is 44.6 Å². The number of nitrogens with zero attached hydrogens (tertiary/aromatic N) is 4. The van der Waals surface area contributed by atoms with Crippen LogP contribution in [0.2, 0.25) is 0 Å². The summed E-state index contributed by atoms with van der Waals surface area (Å²) in [6.45, 7) is -0.0462. The fraction of sp³-hybridized carbons (Fsp3) is 0.618. The van der Waals surface area contributed by atoms with E-state index in [-0.39, 0.29) is 53.6 Å². The second kappa shape index (κ2) is 15.8. The van der Waals surface area contributed by atoms with E-state index in [4.69, 9.17) is 5.73 Å². The van der Waals surface area contributed by atoms with Gasteiger partial charge in [0.2, 0.25) is 17.6 Å². The molecule has 1 aliphatic heterocycles. The third-order valence-corrected chi connectivity index (χ3v) is 12.3. The number of aromatic nitrogens is 3. The highest BCUT2D eigenvalue weighted by Crippen LogP contribution is 2.34. The van der Waals surface area contributed by atoms with Crippen LogP contribution < -0.4 is 16.4 Å². The molecule has 284 valence electrons. The van der Waals surface area contributed by atoms with E-state index in [0.717, 1.165) is 51.0 Å². The molecule has 2 aromatic rings. The van der Waals surface area contributed by atoms with Gasteiger partial charge in [0, 0.05) is 37.2 Å². The molecule has 1 saturated heterocycles. The van der Waals surface area contributed by atoms with Gasteiger partial charge in [-0.3, -0.25) is 24.0 Å². The van der Waals surface area contributed by atoms with Crippen molar-refractivity contribution in [3.63, 3.8) is 0 Å². The second-order valence-electron chi connectivity index (χ2n) is 14.5. The van der Waals surface area contributed by atoms with Gasteiger partial charge >= 0.3 is 0 Å². The Morgan fingerprint density at radius 1 is 0.942 bits per heavy atom. The van der Waals surface area contributed by atoms with Crippen molar-refractivity contribution in [1.29, 1.82) is 0 Å². The number of benzene rings is 1. The van der Waals surface area contributed by atoms with Crippen LogP contribution in [-0.4, -0.2) is 103 Å². The van der Waals surface area contributed by atoms with Crippen LogP contribution in [0.25, 0.3) is 0 Å². The van der Waals surface area contributed by atoms with Crippen LogP contribution in [0.5, 0.6) is 0 Å². The first-order valence-corrected chi connectivity index (χ1v) is 21.6.